The number of aliphatic hydroxyl groups excluding tert-OH is 3. The van der Waals surface area contributed by atoms with Crippen LogP contribution in [0.15, 0.2) is 30.3 Å². The third-order valence-electron chi connectivity index (χ3n) is 7.61. The van der Waals surface area contributed by atoms with E-state index in [1.807, 2.05) is 6.08 Å². The highest BCUT2D eigenvalue weighted by molar-refractivity contribution is 7.99. The summed E-state index contributed by atoms with van der Waals surface area (Å²) in [6.07, 6.45) is -7.01. The summed E-state index contributed by atoms with van der Waals surface area (Å²) in [4.78, 5) is 17.6. The summed E-state index contributed by atoms with van der Waals surface area (Å²) < 4.78 is 50.9. The minimum atomic E-state index is -4.44. The number of thioether (sulfide) groups is 1. The molecule has 5 N–H and O–H groups in total. The van der Waals surface area contributed by atoms with E-state index in [9.17, 15) is 33.3 Å². The molecule has 0 bridgehead atoms. The van der Waals surface area contributed by atoms with E-state index in [0.717, 1.165) is 29.5 Å². The molecule has 3 aliphatic heterocycles. The second-order valence-electron chi connectivity index (χ2n) is 10.1. The molecule has 3 unspecified atom stereocenters. The zero-order valence-corrected chi connectivity index (χ0v) is 23.3. The van der Waals surface area contributed by atoms with Gasteiger partial charge in [-0.2, -0.15) is 13.2 Å². The van der Waals surface area contributed by atoms with Crippen LogP contribution >= 0.6 is 23.4 Å². The predicted molar refractivity (Wildman–Crippen MR) is 144 cm³/mol. The Morgan fingerprint density at radius 3 is 2.50 bits per heavy atom. The van der Waals surface area contributed by atoms with Crippen LogP contribution < -0.4 is 10.6 Å². The number of hydrogen-bond donors (Lipinski definition) is 5. The Morgan fingerprint density at radius 1 is 1.25 bits per heavy atom. The maximum absolute atomic E-state index is 13.7. The number of carbonyl (C=O) groups is 1. The van der Waals surface area contributed by atoms with E-state index in [1.54, 1.807) is 13.2 Å². The first kappa shape index (κ1) is 31.1. The van der Waals surface area contributed by atoms with E-state index >= 15 is 0 Å². The SMILES string of the molecule is C#[N+][C@]1(C(=O)N[C@H]([C@H](C)Cl)[C@H]2OC(SC)[C@H](O)C(O)C2O)NC[C@@H]2C=C(c3ccc(C(F)(F)F)cc3)CCO[C@H]21. The molecule has 2 saturated heterocycles. The van der Waals surface area contributed by atoms with E-state index < -0.39 is 76.6 Å². The summed E-state index contributed by atoms with van der Waals surface area (Å²) in [5, 5.41) is 36.2. The number of nitrogens with zero attached hydrogens (tertiary/aromatic N) is 1. The van der Waals surface area contributed by atoms with E-state index in [4.69, 9.17) is 27.6 Å². The predicted octanol–water partition coefficient (Wildman–Crippen LogP) is 2.04. The number of alkyl halides is 4. The monoisotopic (exact) mass is 606 g/mol. The van der Waals surface area contributed by atoms with Crippen molar-refractivity contribution in [2.24, 2.45) is 5.92 Å². The molecule has 1 aromatic carbocycles. The fraction of sp³-hybridized carbons (Fsp3) is 0.615. The molecule has 0 radical (unpaired) electrons. The van der Waals surface area contributed by atoms with Crippen LogP contribution in [0, 0.1) is 12.5 Å². The minimum absolute atomic E-state index is 0.152. The van der Waals surface area contributed by atoms with Crippen LogP contribution in [0.4, 0.5) is 13.2 Å². The first-order valence-corrected chi connectivity index (χ1v) is 14.4. The van der Waals surface area contributed by atoms with Gasteiger partial charge >= 0.3 is 17.7 Å². The Labute approximate surface area is 238 Å². The van der Waals surface area contributed by atoms with E-state index in [0.29, 0.717) is 12.0 Å². The summed E-state index contributed by atoms with van der Waals surface area (Å²) in [5.41, 5.74) is -2.01. The average Bonchev–Trinajstić information content (AvgIpc) is 3.13. The fourth-order valence-electron chi connectivity index (χ4n) is 5.41. The van der Waals surface area contributed by atoms with Crippen LogP contribution in [0.25, 0.3) is 10.4 Å². The number of fused-ring (bicyclic) bond motifs is 1. The molecule has 220 valence electrons. The number of aliphatic hydroxyl groups is 3. The number of hydrogen-bond acceptors (Lipinski definition) is 8. The van der Waals surface area contributed by atoms with Gasteiger partial charge in [0.1, 0.15) is 29.9 Å². The smallest absolute Gasteiger partial charge is 0.388 e. The standard InChI is InChI=1S/C26H31ClF3N3O6S/c1-12(27)17(21-19(35)18(34)20(36)23(39-21)40-3)33-24(37)25(31-2)22-15(11-32-25)10-14(8-9-38-22)13-4-6-16(7-5-13)26(28,29)30/h2,4-7,10,12,15,17-23,32,34-36H,8-9,11H2,1,3H3/p+1/t12-,15-,17+,18?,19?,20+,21+,22+,23?,25-/m0/s1. The third kappa shape index (κ3) is 5.87. The van der Waals surface area contributed by atoms with Crippen molar-refractivity contribution in [1.82, 2.24) is 10.6 Å². The summed E-state index contributed by atoms with van der Waals surface area (Å²) in [6, 6.07) is 3.82. The third-order valence-corrected chi connectivity index (χ3v) is 8.74. The Hall–Kier alpha value is -1.89. The summed E-state index contributed by atoms with van der Waals surface area (Å²) in [5.74, 6) is -1.11. The Bertz CT molecular complexity index is 1150. The number of carbonyl (C=O) groups excluding carboxylic acids is 1. The molecule has 14 heteroatoms. The quantitative estimate of drug-likeness (QED) is 0.312. The van der Waals surface area contributed by atoms with Crippen molar-refractivity contribution in [1.29, 1.82) is 0 Å². The number of rotatable bonds is 6. The van der Waals surface area contributed by atoms with Crippen molar-refractivity contribution in [2.45, 2.75) is 72.6 Å². The summed E-state index contributed by atoms with van der Waals surface area (Å²) >= 11 is 7.52. The van der Waals surface area contributed by atoms with Crippen LogP contribution in [0.1, 0.15) is 24.5 Å². The molecule has 1 amide bonds. The van der Waals surface area contributed by atoms with E-state index in [2.05, 4.69) is 15.5 Å². The maximum Gasteiger partial charge on any atom is 0.438 e. The zero-order valence-electron chi connectivity index (χ0n) is 21.7. The number of amides is 1. The van der Waals surface area contributed by atoms with Gasteiger partial charge in [0.05, 0.1) is 23.6 Å². The van der Waals surface area contributed by atoms with Gasteiger partial charge < -0.3 is 30.1 Å². The zero-order chi connectivity index (χ0) is 29.4. The summed E-state index contributed by atoms with van der Waals surface area (Å²) in [7, 11) is 0. The number of benzene rings is 1. The Balaban J connectivity index is 1.56. The van der Waals surface area contributed by atoms with Crippen molar-refractivity contribution in [3.8, 4) is 6.57 Å². The molecule has 1 aromatic rings. The van der Waals surface area contributed by atoms with Crippen molar-refractivity contribution in [2.75, 3.05) is 19.4 Å². The highest BCUT2D eigenvalue weighted by atomic mass is 35.5. The van der Waals surface area contributed by atoms with Gasteiger partial charge in [-0.25, -0.2) is 5.32 Å². The first-order valence-electron chi connectivity index (χ1n) is 12.7. The Kier molecular flexibility index (Phi) is 9.43. The van der Waals surface area contributed by atoms with Crippen LogP contribution in [0.2, 0.25) is 0 Å². The number of ether oxygens (including phenoxy) is 2. The molecule has 3 heterocycles. The largest absolute Gasteiger partial charge is 0.438 e. The molecule has 3 aliphatic rings. The summed E-state index contributed by atoms with van der Waals surface area (Å²) in [6.45, 7) is 7.73. The molecule has 4 rings (SSSR count). The van der Waals surface area contributed by atoms with Gasteiger partial charge in [0.2, 0.25) is 0 Å². The molecule has 40 heavy (non-hydrogen) atoms. The first-order chi connectivity index (χ1) is 18.8. The van der Waals surface area contributed by atoms with Crippen LogP contribution in [0.3, 0.4) is 0 Å². The molecular formula is C26H32ClF3N3O6S+. The second-order valence-corrected chi connectivity index (χ2v) is 11.7. The molecule has 10 atom stereocenters. The molecule has 9 nitrogen and oxygen atoms in total. The van der Waals surface area contributed by atoms with Crippen LogP contribution in [-0.4, -0.2) is 93.7 Å². The topological polar surface area (TPSA) is 125 Å². The lowest BCUT2D eigenvalue weighted by molar-refractivity contribution is -0.205. The van der Waals surface area contributed by atoms with Crippen molar-refractivity contribution >= 4 is 34.8 Å². The van der Waals surface area contributed by atoms with Gasteiger partial charge in [0.15, 0.2) is 6.10 Å². The van der Waals surface area contributed by atoms with Gasteiger partial charge in [-0.3, -0.25) is 4.79 Å². The second kappa shape index (κ2) is 12.1. The van der Waals surface area contributed by atoms with Gasteiger partial charge in [-0.1, -0.05) is 18.2 Å². The van der Waals surface area contributed by atoms with Crippen molar-refractivity contribution in [3.05, 3.63) is 46.3 Å². The van der Waals surface area contributed by atoms with E-state index in [-0.39, 0.29) is 13.2 Å². The van der Waals surface area contributed by atoms with Gasteiger partial charge in [-0.05, 0) is 47.7 Å². The van der Waals surface area contributed by atoms with Gasteiger partial charge in [-0.15, -0.1) is 23.4 Å². The lowest BCUT2D eigenvalue weighted by Gasteiger charge is -2.44. The van der Waals surface area contributed by atoms with Crippen LogP contribution in [-0.2, 0) is 20.4 Å². The minimum Gasteiger partial charge on any atom is -0.388 e. The van der Waals surface area contributed by atoms with E-state index in [1.165, 1.54) is 12.1 Å². The highest BCUT2D eigenvalue weighted by Gasteiger charge is 2.65. The molecule has 0 aromatic heterocycles. The van der Waals surface area contributed by atoms with Crippen molar-refractivity contribution < 1.29 is 42.8 Å². The fourth-order valence-corrected chi connectivity index (χ4v) is 6.29. The number of nitrogens with one attached hydrogen (secondary N) is 2. The van der Waals surface area contributed by atoms with Crippen LogP contribution in [0.5, 0.6) is 0 Å². The molecular weight excluding hydrogens is 575 g/mol. The maximum atomic E-state index is 13.7. The van der Waals surface area contributed by atoms with Gasteiger partial charge in [0.25, 0.3) is 6.57 Å². The molecule has 0 spiro atoms. The molecule has 2 fully saturated rings. The molecule has 0 saturated carbocycles. The van der Waals surface area contributed by atoms with Gasteiger partial charge in [0, 0.05) is 12.5 Å². The number of halogens is 4. The lowest BCUT2D eigenvalue weighted by atomic mass is 9.90. The molecule has 0 aliphatic carbocycles. The average molecular weight is 607 g/mol. The Morgan fingerprint density at radius 2 is 1.93 bits per heavy atom. The lowest BCUT2D eigenvalue weighted by Crippen LogP contribution is -2.67. The normalized spacial score (nSPS) is 36.0. The highest BCUT2D eigenvalue weighted by Crippen LogP contribution is 2.38. The van der Waals surface area contributed by atoms with Crippen molar-refractivity contribution in [3.63, 3.8) is 0 Å².